The van der Waals surface area contributed by atoms with Gasteiger partial charge in [0.15, 0.2) is 0 Å². The van der Waals surface area contributed by atoms with Crippen molar-refractivity contribution >= 4 is 5.91 Å². The second-order valence-corrected chi connectivity index (χ2v) is 3.66. The van der Waals surface area contributed by atoms with Crippen LogP contribution >= 0.6 is 0 Å². The predicted octanol–water partition coefficient (Wildman–Crippen LogP) is 1.33. The highest BCUT2D eigenvalue weighted by molar-refractivity contribution is 5.88. The Balaban J connectivity index is 2.53. The number of carbonyl (C=O) groups is 1. The first-order valence-corrected chi connectivity index (χ1v) is 5.60. The first-order valence-electron chi connectivity index (χ1n) is 5.60. The number of allylic oxidation sites excluding steroid dienone is 3. The van der Waals surface area contributed by atoms with Gasteiger partial charge in [0, 0.05) is 25.2 Å². The van der Waals surface area contributed by atoms with Crippen molar-refractivity contribution in [2.75, 3.05) is 19.6 Å². The Kier molecular flexibility index (Phi) is 5.12. The van der Waals surface area contributed by atoms with E-state index >= 15 is 0 Å². The highest BCUT2D eigenvalue weighted by Crippen LogP contribution is 2.08. The van der Waals surface area contributed by atoms with Crippen molar-refractivity contribution in [1.82, 2.24) is 10.2 Å². The van der Waals surface area contributed by atoms with E-state index in [1.165, 1.54) is 0 Å². The zero-order chi connectivity index (χ0) is 11.1. The lowest BCUT2D eigenvalue weighted by Gasteiger charge is -2.25. The Morgan fingerprint density at radius 3 is 2.87 bits per heavy atom. The molecule has 0 aromatic heterocycles. The summed E-state index contributed by atoms with van der Waals surface area (Å²) in [5.41, 5.74) is 0. The zero-order valence-corrected chi connectivity index (χ0v) is 9.57. The smallest absolute Gasteiger partial charge is 0.246 e. The molecule has 3 heteroatoms. The van der Waals surface area contributed by atoms with Crippen molar-refractivity contribution in [3.05, 3.63) is 24.3 Å². The van der Waals surface area contributed by atoms with Gasteiger partial charge in [-0.3, -0.25) is 4.79 Å². The maximum absolute atomic E-state index is 11.8. The molecular weight excluding hydrogens is 188 g/mol. The molecule has 84 valence electrons. The number of hydrogen-bond acceptors (Lipinski definition) is 2. The van der Waals surface area contributed by atoms with E-state index in [1.54, 1.807) is 12.2 Å². The van der Waals surface area contributed by atoms with Crippen molar-refractivity contribution in [2.45, 2.75) is 26.3 Å². The summed E-state index contributed by atoms with van der Waals surface area (Å²) in [4.78, 5) is 13.7. The van der Waals surface area contributed by atoms with E-state index in [-0.39, 0.29) is 5.91 Å². The lowest BCUT2D eigenvalue weighted by Crippen LogP contribution is -2.40. The van der Waals surface area contributed by atoms with Gasteiger partial charge >= 0.3 is 0 Å². The largest absolute Gasteiger partial charge is 0.335 e. The molecule has 15 heavy (non-hydrogen) atoms. The quantitative estimate of drug-likeness (QED) is 0.558. The summed E-state index contributed by atoms with van der Waals surface area (Å²) in [6.07, 6.45) is 8.29. The molecule has 1 N–H and O–H groups in total. The van der Waals surface area contributed by atoms with Gasteiger partial charge in [0.05, 0.1) is 0 Å². The van der Waals surface area contributed by atoms with Gasteiger partial charge in [-0.2, -0.15) is 0 Å². The van der Waals surface area contributed by atoms with Crippen LogP contribution in [0, 0.1) is 0 Å². The minimum absolute atomic E-state index is 0.115. The highest BCUT2D eigenvalue weighted by Gasteiger charge is 2.23. The number of amides is 1. The van der Waals surface area contributed by atoms with Gasteiger partial charge < -0.3 is 10.2 Å². The third-order valence-corrected chi connectivity index (χ3v) is 2.64. The Morgan fingerprint density at radius 1 is 1.53 bits per heavy atom. The molecule has 0 aromatic carbocycles. The van der Waals surface area contributed by atoms with Crippen LogP contribution < -0.4 is 5.32 Å². The van der Waals surface area contributed by atoms with E-state index in [0.717, 1.165) is 26.1 Å². The number of rotatable bonds is 4. The van der Waals surface area contributed by atoms with Crippen LogP contribution in [-0.4, -0.2) is 36.5 Å². The average Bonchev–Trinajstić information content (AvgIpc) is 2.73. The molecule has 1 amide bonds. The molecule has 1 rings (SSSR count). The Labute approximate surface area is 91.8 Å². The molecule has 0 bridgehead atoms. The molecule has 0 radical (unpaired) electrons. The molecule has 1 saturated heterocycles. The molecule has 1 aliphatic heterocycles. The third-order valence-electron chi connectivity index (χ3n) is 2.64. The van der Waals surface area contributed by atoms with Crippen molar-refractivity contribution in [2.24, 2.45) is 0 Å². The Hall–Kier alpha value is -1.09. The maximum atomic E-state index is 11.8. The van der Waals surface area contributed by atoms with Crippen LogP contribution in [0.3, 0.4) is 0 Å². The first-order chi connectivity index (χ1) is 7.29. The number of nitrogens with one attached hydrogen (secondary N) is 1. The van der Waals surface area contributed by atoms with Crippen molar-refractivity contribution in [3.8, 4) is 0 Å². The fourth-order valence-electron chi connectivity index (χ4n) is 1.84. The molecule has 1 heterocycles. The fraction of sp³-hybridized carbons (Fsp3) is 0.583. The molecule has 0 aliphatic carbocycles. The van der Waals surface area contributed by atoms with Crippen LogP contribution in [0.25, 0.3) is 0 Å². The standard InChI is InChI=1S/C12H20N2O/c1-3-5-6-7-12(15)14(4-2)11-8-9-13-10-11/h3,5-7,11,13H,4,8-10H2,1-2H3. The van der Waals surface area contributed by atoms with Gasteiger partial charge in [-0.05, 0) is 26.8 Å². The van der Waals surface area contributed by atoms with E-state index in [1.807, 2.05) is 30.9 Å². The zero-order valence-electron chi connectivity index (χ0n) is 9.57. The molecule has 1 unspecified atom stereocenters. The summed E-state index contributed by atoms with van der Waals surface area (Å²) in [5.74, 6) is 0.115. The number of hydrogen-bond donors (Lipinski definition) is 1. The number of likely N-dealkylation sites (N-methyl/N-ethyl adjacent to an activating group) is 1. The van der Waals surface area contributed by atoms with Crippen molar-refractivity contribution in [3.63, 3.8) is 0 Å². The van der Waals surface area contributed by atoms with Gasteiger partial charge in [0.1, 0.15) is 0 Å². The summed E-state index contributed by atoms with van der Waals surface area (Å²) in [5, 5.41) is 3.28. The highest BCUT2D eigenvalue weighted by atomic mass is 16.2. The summed E-state index contributed by atoms with van der Waals surface area (Å²) >= 11 is 0. The minimum Gasteiger partial charge on any atom is -0.335 e. The van der Waals surface area contributed by atoms with E-state index in [2.05, 4.69) is 5.32 Å². The molecule has 3 nitrogen and oxygen atoms in total. The van der Waals surface area contributed by atoms with Crippen LogP contribution in [0.5, 0.6) is 0 Å². The topological polar surface area (TPSA) is 32.3 Å². The molecular formula is C12H20N2O. The predicted molar refractivity (Wildman–Crippen MR) is 62.6 cm³/mol. The average molecular weight is 208 g/mol. The molecule has 0 aromatic rings. The second kappa shape index (κ2) is 6.40. The van der Waals surface area contributed by atoms with Crippen LogP contribution in [0.1, 0.15) is 20.3 Å². The summed E-state index contributed by atoms with van der Waals surface area (Å²) in [7, 11) is 0. The minimum atomic E-state index is 0.115. The van der Waals surface area contributed by atoms with Gasteiger partial charge in [-0.1, -0.05) is 18.2 Å². The van der Waals surface area contributed by atoms with Gasteiger partial charge in [0.2, 0.25) is 5.91 Å². The van der Waals surface area contributed by atoms with Gasteiger partial charge in [0.25, 0.3) is 0 Å². The molecule has 1 fully saturated rings. The SMILES string of the molecule is CC=CC=CC(=O)N(CC)C1CCNC1. The Morgan fingerprint density at radius 2 is 2.33 bits per heavy atom. The first kappa shape index (κ1) is 12.0. The summed E-state index contributed by atoms with van der Waals surface area (Å²) in [6, 6.07) is 0.373. The summed E-state index contributed by atoms with van der Waals surface area (Å²) < 4.78 is 0. The van der Waals surface area contributed by atoms with E-state index < -0.39 is 0 Å². The number of carbonyl (C=O) groups excluding carboxylic acids is 1. The Bertz CT molecular complexity index is 252. The normalized spacial score (nSPS) is 21.6. The molecule has 0 spiro atoms. The molecule has 0 saturated carbocycles. The summed E-state index contributed by atoms with van der Waals surface area (Å²) in [6.45, 7) is 6.70. The van der Waals surface area contributed by atoms with Crippen molar-refractivity contribution in [1.29, 1.82) is 0 Å². The van der Waals surface area contributed by atoms with Crippen LogP contribution in [0.4, 0.5) is 0 Å². The van der Waals surface area contributed by atoms with Crippen LogP contribution in [0.15, 0.2) is 24.3 Å². The van der Waals surface area contributed by atoms with E-state index in [9.17, 15) is 4.79 Å². The monoisotopic (exact) mass is 208 g/mol. The lowest BCUT2D eigenvalue weighted by atomic mass is 10.2. The lowest BCUT2D eigenvalue weighted by molar-refractivity contribution is -0.127. The maximum Gasteiger partial charge on any atom is 0.246 e. The van der Waals surface area contributed by atoms with Gasteiger partial charge in [-0.15, -0.1) is 0 Å². The fourth-order valence-corrected chi connectivity index (χ4v) is 1.84. The number of nitrogens with zero attached hydrogens (tertiary/aromatic N) is 1. The molecule has 1 aliphatic rings. The van der Waals surface area contributed by atoms with Crippen LogP contribution in [0.2, 0.25) is 0 Å². The van der Waals surface area contributed by atoms with Crippen molar-refractivity contribution < 1.29 is 4.79 Å². The van der Waals surface area contributed by atoms with Crippen LogP contribution in [-0.2, 0) is 4.79 Å². The molecule has 1 atom stereocenters. The van der Waals surface area contributed by atoms with E-state index in [0.29, 0.717) is 6.04 Å². The van der Waals surface area contributed by atoms with E-state index in [4.69, 9.17) is 0 Å². The second-order valence-electron chi connectivity index (χ2n) is 3.66. The third kappa shape index (κ3) is 3.51. The van der Waals surface area contributed by atoms with Gasteiger partial charge in [-0.25, -0.2) is 0 Å².